The van der Waals surface area contributed by atoms with Crippen LogP contribution in [0.5, 0.6) is 11.5 Å². The molecule has 2 aromatic heterocycles. The number of carbonyl (C=O) groups is 2. The van der Waals surface area contributed by atoms with Gasteiger partial charge in [-0.25, -0.2) is 4.98 Å². The number of imidazole rings is 1. The Morgan fingerprint density at radius 2 is 1.91 bits per heavy atom. The molecule has 0 unspecified atom stereocenters. The SMILES string of the molecule is COc1ccccc1OCC(=O)Nc1ccc2c(c1)nc(CCNC(=O)c1cccs1)n2C. The summed E-state index contributed by atoms with van der Waals surface area (Å²) in [5, 5.41) is 7.63. The molecule has 0 bridgehead atoms. The molecule has 170 valence electrons. The summed E-state index contributed by atoms with van der Waals surface area (Å²) in [4.78, 5) is 29.8. The van der Waals surface area contributed by atoms with Crippen molar-refractivity contribution in [2.75, 3.05) is 25.6 Å². The molecule has 0 saturated heterocycles. The minimum atomic E-state index is -0.285. The van der Waals surface area contributed by atoms with E-state index in [1.54, 1.807) is 25.3 Å². The number of thiophene rings is 1. The first-order valence-electron chi connectivity index (χ1n) is 10.4. The van der Waals surface area contributed by atoms with Gasteiger partial charge in [-0.05, 0) is 41.8 Å². The van der Waals surface area contributed by atoms with Crippen molar-refractivity contribution in [1.29, 1.82) is 0 Å². The number of methoxy groups -OCH3 is 1. The number of nitrogens with one attached hydrogen (secondary N) is 2. The van der Waals surface area contributed by atoms with E-state index >= 15 is 0 Å². The Morgan fingerprint density at radius 3 is 2.67 bits per heavy atom. The minimum Gasteiger partial charge on any atom is -0.493 e. The van der Waals surface area contributed by atoms with Gasteiger partial charge in [0.05, 0.1) is 23.0 Å². The predicted molar refractivity (Wildman–Crippen MR) is 128 cm³/mol. The maximum Gasteiger partial charge on any atom is 0.262 e. The van der Waals surface area contributed by atoms with E-state index < -0.39 is 0 Å². The Kier molecular flexibility index (Phi) is 6.89. The number of ether oxygens (including phenoxy) is 2. The number of para-hydroxylation sites is 2. The van der Waals surface area contributed by atoms with Gasteiger partial charge in [-0.2, -0.15) is 0 Å². The number of anilines is 1. The van der Waals surface area contributed by atoms with Crippen LogP contribution >= 0.6 is 11.3 Å². The van der Waals surface area contributed by atoms with Crippen molar-refractivity contribution in [2.24, 2.45) is 7.05 Å². The van der Waals surface area contributed by atoms with Gasteiger partial charge in [0.25, 0.3) is 11.8 Å². The third-order valence-corrected chi connectivity index (χ3v) is 5.93. The van der Waals surface area contributed by atoms with Crippen molar-refractivity contribution in [3.8, 4) is 11.5 Å². The molecule has 0 saturated carbocycles. The zero-order chi connectivity index (χ0) is 23.2. The summed E-state index contributed by atoms with van der Waals surface area (Å²) in [6, 6.07) is 16.4. The first-order valence-corrected chi connectivity index (χ1v) is 11.3. The van der Waals surface area contributed by atoms with Crippen LogP contribution in [0.4, 0.5) is 5.69 Å². The number of carbonyl (C=O) groups excluding carboxylic acids is 2. The molecular weight excluding hydrogens is 440 g/mol. The summed E-state index contributed by atoms with van der Waals surface area (Å²) in [6.45, 7) is 0.341. The van der Waals surface area contributed by atoms with E-state index in [0.717, 1.165) is 16.9 Å². The van der Waals surface area contributed by atoms with Crippen LogP contribution in [-0.2, 0) is 18.3 Å². The molecule has 9 heteroatoms. The zero-order valence-electron chi connectivity index (χ0n) is 18.3. The average molecular weight is 465 g/mol. The van der Waals surface area contributed by atoms with Gasteiger partial charge in [-0.15, -0.1) is 11.3 Å². The minimum absolute atomic E-state index is 0.0795. The van der Waals surface area contributed by atoms with E-state index in [4.69, 9.17) is 9.47 Å². The molecule has 2 amide bonds. The maximum atomic E-state index is 12.4. The van der Waals surface area contributed by atoms with E-state index in [0.29, 0.717) is 35.0 Å². The summed E-state index contributed by atoms with van der Waals surface area (Å²) < 4.78 is 12.8. The van der Waals surface area contributed by atoms with Crippen molar-refractivity contribution in [1.82, 2.24) is 14.9 Å². The van der Waals surface area contributed by atoms with Gasteiger partial charge < -0.3 is 24.7 Å². The predicted octanol–water partition coefficient (Wildman–Crippen LogP) is 3.63. The molecule has 0 radical (unpaired) electrons. The number of hydrogen-bond donors (Lipinski definition) is 2. The Labute approximate surface area is 195 Å². The topological polar surface area (TPSA) is 94.5 Å². The van der Waals surface area contributed by atoms with E-state index in [1.807, 2.05) is 53.4 Å². The molecule has 0 aliphatic heterocycles. The molecule has 0 fully saturated rings. The van der Waals surface area contributed by atoms with Crippen molar-refractivity contribution >= 4 is 39.9 Å². The van der Waals surface area contributed by atoms with Crippen LogP contribution in [0.1, 0.15) is 15.5 Å². The first-order chi connectivity index (χ1) is 16.0. The molecule has 4 aromatic rings. The van der Waals surface area contributed by atoms with Gasteiger partial charge >= 0.3 is 0 Å². The standard InChI is InChI=1S/C24H24N4O4S/c1-28-18-10-9-16(26-23(29)15-32-20-7-4-3-6-19(20)31-2)14-17(18)27-22(28)11-12-25-24(30)21-8-5-13-33-21/h3-10,13-14H,11-12,15H2,1-2H3,(H,25,30)(H,26,29). The molecule has 0 aliphatic carbocycles. The Morgan fingerprint density at radius 1 is 1.09 bits per heavy atom. The smallest absolute Gasteiger partial charge is 0.262 e. The van der Waals surface area contributed by atoms with Gasteiger partial charge in [-0.3, -0.25) is 9.59 Å². The van der Waals surface area contributed by atoms with Crippen molar-refractivity contribution < 1.29 is 19.1 Å². The largest absolute Gasteiger partial charge is 0.493 e. The van der Waals surface area contributed by atoms with Crippen LogP contribution in [0.3, 0.4) is 0 Å². The summed E-state index contributed by atoms with van der Waals surface area (Å²) in [5.41, 5.74) is 2.34. The second-order valence-corrected chi connectivity index (χ2v) is 8.21. The number of rotatable bonds is 9. The highest BCUT2D eigenvalue weighted by Crippen LogP contribution is 2.26. The molecule has 4 rings (SSSR count). The molecule has 0 spiro atoms. The molecule has 2 N–H and O–H groups in total. The second-order valence-electron chi connectivity index (χ2n) is 7.26. The Hall–Kier alpha value is -3.85. The maximum absolute atomic E-state index is 12.4. The third kappa shape index (κ3) is 5.32. The number of nitrogens with zero attached hydrogens (tertiary/aromatic N) is 2. The van der Waals surface area contributed by atoms with E-state index in [-0.39, 0.29) is 18.4 Å². The quantitative estimate of drug-likeness (QED) is 0.394. The van der Waals surface area contributed by atoms with Crippen LogP contribution in [0.15, 0.2) is 60.0 Å². The summed E-state index contributed by atoms with van der Waals surface area (Å²) >= 11 is 1.41. The lowest BCUT2D eigenvalue weighted by Gasteiger charge is -2.10. The number of hydrogen-bond acceptors (Lipinski definition) is 6. The molecule has 8 nitrogen and oxygen atoms in total. The van der Waals surface area contributed by atoms with Gasteiger partial charge in [-0.1, -0.05) is 18.2 Å². The van der Waals surface area contributed by atoms with Crippen LogP contribution in [0.2, 0.25) is 0 Å². The van der Waals surface area contributed by atoms with E-state index in [9.17, 15) is 9.59 Å². The molecule has 2 heterocycles. The van der Waals surface area contributed by atoms with Crippen LogP contribution in [0.25, 0.3) is 11.0 Å². The first kappa shape index (κ1) is 22.3. The lowest BCUT2D eigenvalue weighted by atomic mass is 10.2. The third-order valence-electron chi connectivity index (χ3n) is 5.06. The van der Waals surface area contributed by atoms with E-state index in [1.165, 1.54) is 11.3 Å². The fraction of sp³-hybridized carbons (Fsp3) is 0.208. The Balaban J connectivity index is 1.35. The van der Waals surface area contributed by atoms with Crippen LogP contribution in [-0.4, -0.2) is 41.6 Å². The molecule has 2 aromatic carbocycles. The van der Waals surface area contributed by atoms with Gasteiger partial charge in [0.2, 0.25) is 0 Å². The lowest BCUT2D eigenvalue weighted by molar-refractivity contribution is -0.118. The summed E-state index contributed by atoms with van der Waals surface area (Å²) in [6.07, 6.45) is 0.594. The van der Waals surface area contributed by atoms with Gasteiger partial charge in [0.1, 0.15) is 5.82 Å². The average Bonchev–Trinajstić information content (AvgIpc) is 3.46. The Bertz CT molecular complexity index is 1270. The van der Waals surface area contributed by atoms with Crippen molar-refractivity contribution in [2.45, 2.75) is 6.42 Å². The number of aryl methyl sites for hydroxylation is 1. The fourth-order valence-electron chi connectivity index (χ4n) is 3.41. The highest BCUT2D eigenvalue weighted by Gasteiger charge is 2.12. The molecule has 33 heavy (non-hydrogen) atoms. The molecule has 0 aliphatic rings. The molecular formula is C24H24N4O4S. The zero-order valence-corrected chi connectivity index (χ0v) is 19.1. The summed E-state index contributed by atoms with van der Waals surface area (Å²) in [5.74, 6) is 1.56. The van der Waals surface area contributed by atoms with Gasteiger partial charge in [0, 0.05) is 25.7 Å². The van der Waals surface area contributed by atoms with Gasteiger partial charge in [0.15, 0.2) is 18.1 Å². The number of aromatic nitrogens is 2. The number of fused-ring (bicyclic) bond motifs is 1. The number of benzene rings is 2. The van der Waals surface area contributed by atoms with Crippen molar-refractivity contribution in [3.05, 3.63) is 70.7 Å². The second kappa shape index (κ2) is 10.2. The highest BCUT2D eigenvalue weighted by atomic mass is 32.1. The summed E-state index contributed by atoms with van der Waals surface area (Å²) in [7, 11) is 3.49. The molecule has 0 atom stereocenters. The van der Waals surface area contributed by atoms with Crippen LogP contribution in [0, 0.1) is 0 Å². The highest BCUT2D eigenvalue weighted by molar-refractivity contribution is 7.12. The monoisotopic (exact) mass is 464 g/mol. The number of amides is 2. The van der Waals surface area contributed by atoms with E-state index in [2.05, 4.69) is 15.6 Å². The van der Waals surface area contributed by atoms with Crippen molar-refractivity contribution in [3.63, 3.8) is 0 Å². The lowest BCUT2D eigenvalue weighted by Crippen LogP contribution is -2.25. The van der Waals surface area contributed by atoms with Crippen LogP contribution < -0.4 is 20.1 Å². The fourth-order valence-corrected chi connectivity index (χ4v) is 4.05. The normalized spacial score (nSPS) is 10.7.